The lowest BCUT2D eigenvalue weighted by Gasteiger charge is -2.32. The Morgan fingerprint density at radius 2 is 1.88 bits per heavy atom. The monoisotopic (exact) mass is 251 g/mol. The van der Waals surface area contributed by atoms with Gasteiger partial charge in [-0.15, -0.1) is 0 Å². The van der Waals surface area contributed by atoms with Crippen LogP contribution in [0, 0.1) is 5.92 Å². The van der Waals surface area contributed by atoms with Crippen LogP contribution in [0.3, 0.4) is 0 Å². The van der Waals surface area contributed by atoms with E-state index in [9.17, 15) is 4.79 Å². The summed E-state index contributed by atoms with van der Waals surface area (Å²) < 4.78 is 0. The van der Waals surface area contributed by atoms with E-state index in [1.54, 1.807) is 0 Å². The average molecular weight is 252 g/mol. The highest BCUT2D eigenvalue weighted by Gasteiger charge is 2.30. The number of benzene rings is 1. The average Bonchev–Trinajstić information content (AvgIpc) is 2.14. The van der Waals surface area contributed by atoms with Gasteiger partial charge in [-0.05, 0) is 44.4 Å². The molecule has 3 heteroatoms. The van der Waals surface area contributed by atoms with Crippen LogP contribution in [0.2, 0.25) is 5.02 Å². The van der Waals surface area contributed by atoms with E-state index in [1.807, 2.05) is 38.1 Å². The van der Waals surface area contributed by atoms with Gasteiger partial charge < -0.3 is 5.32 Å². The molecule has 1 saturated carbocycles. The van der Waals surface area contributed by atoms with Crippen LogP contribution in [0.5, 0.6) is 0 Å². The fourth-order valence-corrected chi connectivity index (χ4v) is 2.15. The third kappa shape index (κ3) is 2.81. The third-order valence-electron chi connectivity index (χ3n) is 3.48. The zero-order valence-electron chi connectivity index (χ0n) is 10.3. The molecule has 0 unspecified atom stereocenters. The summed E-state index contributed by atoms with van der Waals surface area (Å²) >= 11 is 5.86. The molecule has 1 aromatic rings. The highest BCUT2D eigenvalue weighted by Crippen LogP contribution is 2.29. The predicted molar refractivity (Wildman–Crippen MR) is 70.0 cm³/mol. The van der Waals surface area contributed by atoms with E-state index in [4.69, 9.17) is 11.6 Å². The van der Waals surface area contributed by atoms with Crippen LogP contribution in [0.25, 0.3) is 0 Å². The van der Waals surface area contributed by atoms with Crippen LogP contribution in [-0.4, -0.2) is 5.91 Å². The van der Waals surface area contributed by atoms with Crippen molar-refractivity contribution < 1.29 is 4.79 Å². The standard InChI is InChI=1S/C14H18ClNO/c1-14(2,11-6-8-12(15)9-7-11)16-13(17)10-4-3-5-10/h6-10H,3-5H2,1-2H3,(H,16,17). The van der Waals surface area contributed by atoms with E-state index in [0.29, 0.717) is 0 Å². The molecule has 0 atom stereocenters. The van der Waals surface area contributed by atoms with Gasteiger partial charge in [0.05, 0.1) is 5.54 Å². The van der Waals surface area contributed by atoms with Crippen LogP contribution in [0.4, 0.5) is 0 Å². The van der Waals surface area contributed by atoms with Gasteiger partial charge in [-0.3, -0.25) is 4.79 Å². The van der Waals surface area contributed by atoms with Gasteiger partial charge in [0.15, 0.2) is 0 Å². The molecule has 1 N–H and O–H groups in total. The van der Waals surface area contributed by atoms with E-state index in [-0.39, 0.29) is 17.4 Å². The summed E-state index contributed by atoms with van der Waals surface area (Å²) in [6.07, 6.45) is 3.24. The van der Waals surface area contributed by atoms with Gasteiger partial charge in [-0.2, -0.15) is 0 Å². The van der Waals surface area contributed by atoms with Gasteiger partial charge in [-0.25, -0.2) is 0 Å². The van der Waals surface area contributed by atoms with Crippen molar-refractivity contribution in [3.05, 3.63) is 34.9 Å². The normalized spacial score (nSPS) is 16.4. The molecule has 0 radical (unpaired) electrons. The lowest BCUT2D eigenvalue weighted by molar-refractivity contribution is -0.129. The Morgan fingerprint density at radius 1 is 1.29 bits per heavy atom. The second-order valence-corrected chi connectivity index (χ2v) is 5.69. The second-order valence-electron chi connectivity index (χ2n) is 5.25. The van der Waals surface area contributed by atoms with Gasteiger partial charge in [0.2, 0.25) is 5.91 Å². The first kappa shape index (κ1) is 12.4. The van der Waals surface area contributed by atoms with E-state index >= 15 is 0 Å². The van der Waals surface area contributed by atoms with E-state index in [0.717, 1.165) is 23.4 Å². The Hall–Kier alpha value is -1.02. The summed E-state index contributed by atoms with van der Waals surface area (Å²) in [7, 11) is 0. The van der Waals surface area contributed by atoms with Crippen molar-refractivity contribution in [3.63, 3.8) is 0 Å². The molecular formula is C14H18ClNO. The molecule has 2 rings (SSSR count). The molecule has 17 heavy (non-hydrogen) atoms. The minimum Gasteiger partial charge on any atom is -0.347 e. The Morgan fingerprint density at radius 3 is 2.35 bits per heavy atom. The highest BCUT2D eigenvalue weighted by atomic mass is 35.5. The molecule has 0 aliphatic heterocycles. The van der Waals surface area contributed by atoms with Gasteiger partial charge >= 0.3 is 0 Å². The van der Waals surface area contributed by atoms with Crippen molar-refractivity contribution >= 4 is 17.5 Å². The molecule has 1 aliphatic rings. The van der Waals surface area contributed by atoms with Crippen molar-refractivity contribution in [2.24, 2.45) is 5.92 Å². The van der Waals surface area contributed by atoms with Crippen molar-refractivity contribution in [2.75, 3.05) is 0 Å². The third-order valence-corrected chi connectivity index (χ3v) is 3.73. The summed E-state index contributed by atoms with van der Waals surface area (Å²) in [5, 5.41) is 3.83. The first-order valence-corrected chi connectivity index (χ1v) is 6.45. The zero-order chi connectivity index (χ0) is 12.5. The summed E-state index contributed by atoms with van der Waals surface area (Å²) in [6, 6.07) is 7.63. The number of amides is 1. The van der Waals surface area contributed by atoms with E-state index in [2.05, 4.69) is 5.32 Å². The number of halogens is 1. The molecule has 1 aliphatic carbocycles. The molecule has 0 bridgehead atoms. The van der Waals surface area contributed by atoms with E-state index < -0.39 is 0 Å². The van der Waals surface area contributed by atoms with E-state index in [1.165, 1.54) is 6.42 Å². The minimum absolute atomic E-state index is 0.177. The van der Waals surface area contributed by atoms with Crippen molar-refractivity contribution in [1.82, 2.24) is 5.32 Å². The number of hydrogen-bond acceptors (Lipinski definition) is 1. The van der Waals surface area contributed by atoms with Gasteiger partial charge in [0, 0.05) is 10.9 Å². The van der Waals surface area contributed by atoms with Gasteiger partial charge in [0.25, 0.3) is 0 Å². The predicted octanol–water partition coefficient (Wildman–Crippen LogP) is 3.49. The Kier molecular flexibility index (Phi) is 3.43. The fourth-order valence-electron chi connectivity index (χ4n) is 2.02. The molecule has 0 heterocycles. The number of carbonyl (C=O) groups excluding carboxylic acids is 1. The summed E-state index contributed by atoms with van der Waals surface area (Å²) in [4.78, 5) is 11.9. The second kappa shape index (κ2) is 4.69. The van der Waals surface area contributed by atoms with Gasteiger partial charge in [-0.1, -0.05) is 30.2 Å². The number of hydrogen-bond donors (Lipinski definition) is 1. The molecule has 0 aromatic heterocycles. The van der Waals surface area contributed by atoms with Crippen LogP contribution >= 0.6 is 11.6 Å². The molecule has 0 spiro atoms. The Balaban J connectivity index is 2.06. The largest absolute Gasteiger partial charge is 0.347 e. The maximum absolute atomic E-state index is 11.9. The zero-order valence-corrected chi connectivity index (χ0v) is 11.1. The van der Waals surface area contributed by atoms with Gasteiger partial charge in [0.1, 0.15) is 0 Å². The first-order valence-electron chi connectivity index (χ1n) is 6.07. The minimum atomic E-state index is -0.336. The summed E-state index contributed by atoms with van der Waals surface area (Å²) in [5.74, 6) is 0.401. The smallest absolute Gasteiger partial charge is 0.223 e. The van der Waals surface area contributed by atoms with Crippen molar-refractivity contribution in [1.29, 1.82) is 0 Å². The fraction of sp³-hybridized carbons (Fsp3) is 0.500. The number of rotatable bonds is 3. The molecule has 0 saturated heterocycles. The van der Waals surface area contributed by atoms with Crippen LogP contribution in [-0.2, 0) is 10.3 Å². The van der Waals surface area contributed by atoms with Crippen LogP contribution < -0.4 is 5.32 Å². The van der Waals surface area contributed by atoms with Crippen molar-refractivity contribution in [2.45, 2.75) is 38.6 Å². The Bertz CT molecular complexity index is 407. The summed E-state index contributed by atoms with van der Waals surface area (Å²) in [6.45, 7) is 4.04. The van der Waals surface area contributed by atoms with Crippen LogP contribution in [0.15, 0.2) is 24.3 Å². The highest BCUT2D eigenvalue weighted by molar-refractivity contribution is 6.30. The first-order chi connectivity index (χ1) is 7.99. The molecule has 1 aromatic carbocycles. The molecule has 92 valence electrons. The molecule has 1 fully saturated rings. The molecular weight excluding hydrogens is 234 g/mol. The Labute approximate surface area is 107 Å². The topological polar surface area (TPSA) is 29.1 Å². The summed E-state index contributed by atoms with van der Waals surface area (Å²) in [5.41, 5.74) is 0.742. The number of nitrogens with one attached hydrogen (secondary N) is 1. The quantitative estimate of drug-likeness (QED) is 0.876. The molecule has 2 nitrogen and oxygen atoms in total. The molecule has 1 amide bonds. The van der Waals surface area contributed by atoms with Crippen molar-refractivity contribution in [3.8, 4) is 0 Å². The van der Waals surface area contributed by atoms with Crippen LogP contribution in [0.1, 0.15) is 38.7 Å². The maximum Gasteiger partial charge on any atom is 0.223 e. The lowest BCUT2D eigenvalue weighted by atomic mass is 9.83. The number of carbonyl (C=O) groups is 1. The lowest BCUT2D eigenvalue weighted by Crippen LogP contribution is -2.45. The SMILES string of the molecule is CC(C)(NC(=O)C1CCC1)c1ccc(Cl)cc1. The maximum atomic E-state index is 11.9.